The molecule has 1 aromatic heterocycles. The zero-order valence-electron chi connectivity index (χ0n) is 13.2. The third kappa shape index (κ3) is 5.02. The molecule has 114 valence electrons. The van der Waals surface area contributed by atoms with Crippen LogP contribution in [0.25, 0.3) is 0 Å². The molecule has 1 atom stereocenters. The number of nitrogens with zero attached hydrogens (tertiary/aromatic N) is 3. The van der Waals surface area contributed by atoms with Crippen LogP contribution in [0.15, 0.2) is 0 Å². The summed E-state index contributed by atoms with van der Waals surface area (Å²) in [5.41, 5.74) is 0. The van der Waals surface area contributed by atoms with Gasteiger partial charge in [-0.2, -0.15) is 4.37 Å². The highest BCUT2D eigenvalue weighted by Crippen LogP contribution is 2.19. The minimum Gasteiger partial charge on any atom is -0.360 e. The standard InChI is InChI=1S/C15H28N4S/c1-11(2)7-14-17-15(20-18-14)16-8-13-5-6-19(10-13)9-12(3)4/h11-13H,5-10H2,1-4H3,(H,16,17,18). The highest BCUT2D eigenvalue weighted by Gasteiger charge is 2.22. The van der Waals surface area contributed by atoms with E-state index in [1.165, 1.54) is 37.6 Å². The zero-order valence-corrected chi connectivity index (χ0v) is 14.0. The predicted molar refractivity (Wildman–Crippen MR) is 86.3 cm³/mol. The minimum atomic E-state index is 0.622. The van der Waals surface area contributed by atoms with Crippen LogP contribution in [-0.2, 0) is 6.42 Å². The molecule has 0 radical (unpaired) electrons. The monoisotopic (exact) mass is 296 g/mol. The van der Waals surface area contributed by atoms with Gasteiger partial charge in [-0.15, -0.1) is 0 Å². The summed E-state index contributed by atoms with van der Waals surface area (Å²) in [7, 11) is 0. The van der Waals surface area contributed by atoms with E-state index in [0.717, 1.165) is 35.8 Å². The van der Waals surface area contributed by atoms with Gasteiger partial charge in [-0.1, -0.05) is 27.7 Å². The first-order chi connectivity index (χ1) is 9.52. The smallest absolute Gasteiger partial charge is 0.202 e. The van der Waals surface area contributed by atoms with Crippen LogP contribution < -0.4 is 5.32 Å². The second-order valence-electron chi connectivity index (χ2n) is 6.80. The first kappa shape index (κ1) is 15.7. The summed E-state index contributed by atoms with van der Waals surface area (Å²) in [5.74, 6) is 3.13. The largest absolute Gasteiger partial charge is 0.360 e. The molecular formula is C15H28N4S. The minimum absolute atomic E-state index is 0.622. The highest BCUT2D eigenvalue weighted by atomic mass is 32.1. The van der Waals surface area contributed by atoms with Crippen molar-refractivity contribution in [3.05, 3.63) is 5.82 Å². The van der Waals surface area contributed by atoms with Gasteiger partial charge in [0, 0.05) is 37.6 Å². The summed E-state index contributed by atoms with van der Waals surface area (Å²) in [5, 5.41) is 4.46. The molecule has 1 aliphatic heterocycles. The van der Waals surface area contributed by atoms with Crippen LogP contribution >= 0.6 is 11.5 Å². The third-order valence-corrected chi connectivity index (χ3v) is 4.30. The number of likely N-dealkylation sites (tertiary alicyclic amines) is 1. The van der Waals surface area contributed by atoms with Crippen LogP contribution in [0.1, 0.15) is 39.9 Å². The Balaban J connectivity index is 1.72. The van der Waals surface area contributed by atoms with E-state index in [1.807, 2.05) is 0 Å². The Morgan fingerprint density at radius 1 is 1.30 bits per heavy atom. The SMILES string of the molecule is CC(C)Cc1nsc(NCC2CCN(CC(C)C)C2)n1. The Hall–Kier alpha value is -0.680. The van der Waals surface area contributed by atoms with Gasteiger partial charge in [0.15, 0.2) is 0 Å². The van der Waals surface area contributed by atoms with Crippen LogP contribution in [0.3, 0.4) is 0 Å². The van der Waals surface area contributed by atoms with Gasteiger partial charge < -0.3 is 10.2 Å². The molecule has 0 aliphatic carbocycles. The van der Waals surface area contributed by atoms with Gasteiger partial charge in [-0.3, -0.25) is 0 Å². The number of hydrogen-bond donors (Lipinski definition) is 1. The fourth-order valence-electron chi connectivity index (χ4n) is 2.77. The van der Waals surface area contributed by atoms with E-state index >= 15 is 0 Å². The zero-order chi connectivity index (χ0) is 14.5. The van der Waals surface area contributed by atoms with E-state index < -0.39 is 0 Å². The lowest BCUT2D eigenvalue weighted by Crippen LogP contribution is -2.26. The van der Waals surface area contributed by atoms with E-state index in [1.54, 1.807) is 0 Å². The normalized spacial score (nSPS) is 20.2. The molecule has 1 fully saturated rings. The molecule has 1 saturated heterocycles. The molecular weight excluding hydrogens is 268 g/mol. The van der Waals surface area contributed by atoms with Gasteiger partial charge in [0.2, 0.25) is 5.13 Å². The fraction of sp³-hybridized carbons (Fsp3) is 0.867. The molecule has 5 heteroatoms. The van der Waals surface area contributed by atoms with Crippen molar-refractivity contribution in [2.75, 3.05) is 31.5 Å². The van der Waals surface area contributed by atoms with E-state index in [4.69, 9.17) is 0 Å². The van der Waals surface area contributed by atoms with Gasteiger partial charge in [-0.25, -0.2) is 4.98 Å². The molecule has 0 saturated carbocycles. The number of hydrogen-bond acceptors (Lipinski definition) is 5. The summed E-state index contributed by atoms with van der Waals surface area (Å²) >= 11 is 1.50. The van der Waals surface area contributed by atoms with Crippen molar-refractivity contribution in [1.29, 1.82) is 0 Å². The third-order valence-electron chi connectivity index (χ3n) is 3.59. The van der Waals surface area contributed by atoms with Crippen LogP contribution in [0.4, 0.5) is 5.13 Å². The maximum atomic E-state index is 4.56. The van der Waals surface area contributed by atoms with Crippen molar-refractivity contribution < 1.29 is 0 Å². The first-order valence-corrected chi connectivity index (χ1v) is 8.59. The number of aromatic nitrogens is 2. The van der Waals surface area contributed by atoms with Crippen molar-refractivity contribution in [3.63, 3.8) is 0 Å². The molecule has 1 unspecified atom stereocenters. The molecule has 0 aromatic carbocycles. The van der Waals surface area contributed by atoms with Gasteiger partial charge in [0.1, 0.15) is 5.82 Å². The Bertz CT molecular complexity index is 402. The quantitative estimate of drug-likeness (QED) is 0.839. The van der Waals surface area contributed by atoms with E-state index in [0.29, 0.717) is 5.92 Å². The van der Waals surface area contributed by atoms with Crippen LogP contribution in [0.5, 0.6) is 0 Å². The molecule has 0 amide bonds. The average molecular weight is 296 g/mol. The molecule has 0 spiro atoms. The Labute approximate surface area is 127 Å². The van der Waals surface area contributed by atoms with Gasteiger partial charge in [0.25, 0.3) is 0 Å². The number of rotatable bonds is 7. The van der Waals surface area contributed by atoms with Crippen molar-refractivity contribution in [1.82, 2.24) is 14.3 Å². The van der Waals surface area contributed by atoms with Crippen LogP contribution in [-0.4, -0.2) is 40.4 Å². The van der Waals surface area contributed by atoms with Crippen molar-refractivity contribution in [3.8, 4) is 0 Å². The number of nitrogens with one attached hydrogen (secondary N) is 1. The van der Waals surface area contributed by atoms with Crippen LogP contribution in [0.2, 0.25) is 0 Å². The molecule has 1 N–H and O–H groups in total. The van der Waals surface area contributed by atoms with E-state index in [9.17, 15) is 0 Å². The Morgan fingerprint density at radius 3 is 2.80 bits per heavy atom. The lowest BCUT2D eigenvalue weighted by atomic mass is 10.1. The van der Waals surface area contributed by atoms with E-state index in [2.05, 4.69) is 47.3 Å². The maximum Gasteiger partial charge on any atom is 0.202 e. The fourth-order valence-corrected chi connectivity index (χ4v) is 3.37. The summed E-state index contributed by atoms with van der Waals surface area (Å²) in [4.78, 5) is 7.15. The van der Waals surface area contributed by atoms with Crippen molar-refractivity contribution in [2.24, 2.45) is 17.8 Å². The van der Waals surface area contributed by atoms with Gasteiger partial charge in [-0.05, 0) is 30.7 Å². The lowest BCUT2D eigenvalue weighted by Gasteiger charge is -2.18. The molecule has 20 heavy (non-hydrogen) atoms. The predicted octanol–water partition coefficient (Wildman–Crippen LogP) is 3.13. The van der Waals surface area contributed by atoms with E-state index in [-0.39, 0.29) is 0 Å². The maximum absolute atomic E-state index is 4.56. The van der Waals surface area contributed by atoms with Gasteiger partial charge >= 0.3 is 0 Å². The van der Waals surface area contributed by atoms with Crippen molar-refractivity contribution in [2.45, 2.75) is 40.5 Å². The van der Waals surface area contributed by atoms with Crippen LogP contribution in [0, 0.1) is 17.8 Å². The molecule has 2 rings (SSSR count). The number of anilines is 1. The highest BCUT2D eigenvalue weighted by molar-refractivity contribution is 7.09. The molecule has 1 aromatic rings. The lowest BCUT2D eigenvalue weighted by molar-refractivity contribution is 0.289. The summed E-state index contributed by atoms with van der Waals surface area (Å²) in [6.45, 7) is 13.7. The molecule has 1 aliphatic rings. The first-order valence-electron chi connectivity index (χ1n) is 7.81. The summed E-state index contributed by atoms with van der Waals surface area (Å²) in [6.07, 6.45) is 2.28. The average Bonchev–Trinajstić information content (AvgIpc) is 2.94. The molecule has 4 nitrogen and oxygen atoms in total. The Kier molecular flexibility index (Phi) is 5.78. The molecule has 2 heterocycles. The summed E-state index contributed by atoms with van der Waals surface area (Å²) < 4.78 is 4.41. The second-order valence-corrected chi connectivity index (χ2v) is 7.55. The van der Waals surface area contributed by atoms with Gasteiger partial charge in [0.05, 0.1) is 0 Å². The second kappa shape index (κ2) is 7.36. The Morgan fingerprint density at radius 2 is 2.10 bits per heavy atom. The topological polar surface area (TPSA) is 41.1 Å². The van der Waals surface area contributed by atoms with Crippen molar-refractivity contribution >= 4 is 16.7 Å². The summed E-state index contributed by atoms with van der Waals surface area (Å²) in [6, 6.07) is 0. The molecule has 0 bridgehead atoms.